The Bertz CT molecular complexity index is 517. The molecule has 0 radical (unpaired) electrons. The molecule has 18 heavy (non-hydrogen) atoms. The smallest absolute Gasteiger partial charge is 0.210 e. The number of rotatable bonds is 3. The molecule has 0 fully saturated rings. The molecule has 0 saturated carbocycles. The summed E-state index contributed by atoms with van der Waals surface area (Å²) in [4.78, 5) is 0. The van der Waals surface area contributed by atoms with E-state index in [1.807, 2.05) is 6.07 Å². The molecule has 0 bridgehead atoms. The maximum Gasteiger partial charge on any atom is 0.210 e. The average Bonchev–Trinajstić information content (AvgIpc) is 2.71. The van der Waals surface area contributed by atoms with Crippen LogP contribution in [0.2, 0.25) is 0 Å². The van der Waals surface area contributed by atoms with Gasteiger partial charge in [-0.2, -0.15) is 0 Å². The molecule has 2 atom stereocenters. The highest BCUT2D eigenvalue weighted by Gasteiger charge is 2.30. The van der Waals surface area contributed by atoms with Crippen molar-refractivity contribution in [2.24, 2.45) is 5.73 Å². The quantitative estimate of drug-likeness (QED) is 0.800. The highest BCUT2D eigenvalue weighted by Crippen LogP contribution is 2.46. The van der Waals surface area contributed by atoms with Crippen molar-refractivity contribution in [3.8, 4) is 0 Å². The zero-order chi connectivity index (χ0) is 12.5. The Morgan fingerprint density at radius 3 is 3.06 bits per heavy atom. The van der Waals surface area contributed by atoms with E-state index in [2.05, 4.69) is 30.4 Å². The Balaban J connectivity index is 1.97. The summed E-state index contributed by atoms with van der Waals surface area (Å²) in [6.07, 6.45) is 5.37. The number of benzene rings is 1. The molecule has 3 nitrogen and oxygen atoms in total. The number of aliphatic hydroxyl groups is 1. The van der Waals surface area contributed by atoms with E-state index in [4.69, 9.17) is 15.6 Å². The van der Waals surface area contributed by atoms with Crippen LogP contribution in [0.3, 0.4) is 0 Å². The first-order valence-corrected chi connectivity index (χ1v) is 6.31. The molecule has 94 valence electrons. The third kappa shape index (κ3) is 1.90. The summed E-state index contributed by atoms with van der Waals surface area (Å²) in [7, 11) is 0. The predicted octanol–water partition coefficient (Wildman–Crippen LogP) is 2.14. The van der Waals surface area contributed by atoms with Gasteiger partial charge in [0, 0.05) is 5.92 Å². The number of nitrogens with two attached hydrogens (primary N) is 1. The molecule has 2 unspecified atom stereocenters. The maximum atomic E-state index is 9.08. The first-order valence-electron chi connectivity index (χ1n) is 6.31. The number of aliphatic hydroxyl groups excluding tert-OH is 1. The number of hydrogen-bond donors (Lipinski definition) is 2. The summed E-state index contributed by atoms with van der Waals surface area (Å²) in [5, 5.41) is 9.08. The number of hydrogen-bond acceptors (Lipinski definition) is 3. The molecular formula is C15H17NO2. The van der Waals surface area contributed by atoms with E-state index in [1.165, 1.54) is 22.3 Å². The molecular weight excluding hydrogens is 226 g/mol. The zero-order valence-electron chi connectivity index (χ0n) is 10.2. The minimum absolute atomic E-state index is 0.236. The first kappa shape index (κ1) is 11.7. The van der Waals surface area contributed by atoms with Crippen LogP contribution in [0.5, 0.6) is 0 Å². The molecule has 3 heteroatoms. The summed E-state index contributed by atoms with van der Waals surface area (Å²) < 4.78 is 5.21. The molecule has 2 aliphatic carbocycles. The second kappa shape index (κ2) is 4.69. The third-order valence-corrected chi connectivity index (χ3v) is 3.69. The van der Waals surface area contributed by atoms with E-state index in [0.717, 1.165) is 12.8 Å². The van der Waals surface area contributed by atoms with Crippen LogP contribution in [0.25, 0.3) is 5.57 Å². The van der Waals surface area contributed by atoms with Crippen LogP contribution in [0.4, 0.5) is 0 Å². The topological polar surface area (TPSA) is 55.5 Å². The van der Waals surface area contributed by atoms with Crippen LogP contribution in [0.1, 0.15) is 29.9 Å². The van der Waals surface area contributed by atoms with Gasteiger partial charge in [0.15, 0.2) is 0 Å². The fraction of sp³-hybridized carbons (Fsp3) is 0.333. The zero-order valence-corrected chi connectivity index (χ0v) is 10.2. The fourth-order valence-electron chi connectivity index (χ4n) is 2.93. The van der Waals surface area contributed by atoms with E-state index < -0.39 is 6.41 Å². The summed E-state index contributed by atoms with van der Waals surface area (Å²) in [5.41, 5.74) is 10.6. The van der Waals surface area contributed by atoms with Crippen molar-refractivity contribution < 1.29 is 9.84 Å². The second-order valence-corrected chi connectivity index (χ2v) is 4.74. The lowest BCUT2D eigenvalue weighted by atomic mass is 9.91. The number of allylic oxidation sites excluding steroid dienone is 3. The van der Waals surface area contributed by atoms with Crippen LogP contribution >= 0.6 is 0 Å². The van der Waals surface area contributed by atoms with Crippen molar-refractivity contribution in [2.75, 3.05) is 6.61 Å². The van der Waals surface area contributed by atoms with Crippen molar-refractivity contribution in [1.29, 1.82) is 0 Å². The van der Waals surface area contributed by atoms with Crippen molar-refractivity contribution >= 4 is 5.57 Å². The van der Waals surface area contributed by atoms with Gasteiger partial charge in [-0.05, 0) is 29.5 Å². The molecule has 0 aliphatic heterocycles. The van der Waals surface area contributed by atoms with E-state index in [0.29, 0.717) is 6.61 Å². The van der Waals surface area contributed by atoms with E-state index in [-0.39, 0.29) is 5.92 Å². The van der Waals surface area contributed by atoms with Gasteiger partial charge in [0.05, 0.1) is 6.61 Å². The van der Waals surface area contributed by atoms with Crippen LogP contribution in [0.15, 0.2) is 42.0 Å². The molecule has 0 saturated heterocycles. The van der Waals surface area contributed by atoms with Gasteiger partial charge in [-0.3, -0.25) is 5.73 Å². The Morgan fingerprint density at radius 2 is 2.22 bits per heavy atom. The molecule has 0 heterocycles. The van der Waals surface area contributed by atoms with Gasteiger partial charge in [-0.25, -0.2) is 0 Å². The van der Waals surface area contributed by atoms with Gasteiger partial charge in [0.1, 0.15) is 0 Å². The largest absolute Gasteiger partial charge is 0.356 e. The fourth-order valence-corrected chi connectivity index (χ4v) is 2.93. The lowest BCUT2D eigenvalue weighted by Crippen LogP contribution is -2.25. The van der Waals surface area contributed by atoms with Crippen LogP contribution in [0, 0.1) is 0 Å². The third-order valence-electron chi connectivity index (χ3n) is 3.69. The van der Waals surface area contributed by atoms with Gasteiger partial charge < -0.3 is 9.84 Å². The Labute approximate surface area is 107 Å². The number of fused-ring (bicyclic) bond motifs is 2. The van der Waals surface area contributed by atoms with Crippen molar-refractivity contribution in [3.63, 3.8) is 0 Å². The van der Waals surface area contributed by atoms with Gasteiger partial charge in [-0.1, -0.05) is 42.0 Å². The lowest BCUT2D eigenvalue weighted by Gasteiger charge is -2.19. The van der Waals surface area contributed by atoms with Crippen LogP contribution in [-0.2, 0) is 4.74 Å². The van der Waals surface area contributed by atoms with Crippen molar-refractivity contribution in [1.82, 2.24) is 0 Å². The molecule has 0 spiro atoms. The Hall–Kier alpha value is -1.42. The van der Waals surface area contributed by atoms with Crippen molar-refractivity contribution in [3.05, 3.63) is 53.1 Å². The summed E-state index contributed by atoms with van der Waals surface area (Å²) >= 11 is 0. The molecule has 0 amide bonds. The standard InChI is InChI=1S/C15H17NO2/c16-15(17)18-9-14-12-7-3-1-5-10(12)11-6-2-4-8-13(11)14/h1-3,5-7,14-15,17H,4,8-9,16H2. The predicted molar refractivity (Wildman–Crippen MR) is 70.6 cm³/mol. The minimum Gasteiger partial charge on any atom is -0.356 e. The monoisotopic (exact) mass is 243 g/mol. The summed E-state index contributed by atoms with van der Waals surface area (Å²) in [5.74, 6) is 0.236. The Kier molecular flexibility index (Phi) is 3.04. The van der Waals surface area contributed by atoms with Gasteiger partial charge in [0.25, 0.3) is 0 Å². The Morgan fingerprint density at radius 1 is 1.39 bits per heavy atom. The molecule has 0 aromatic heterocycles. The SMILES string of the molecule is NC(O)OCC1C2=C(C=CCC2)c2ccccc21. The van der Waals surface area contributed by atoms with E-state index >= 15 is 0 Å². The summed E-state index contributed by atoms with van der Waals surface area (Å²) in [6.45, 7) is 0.446. The number of ether oxygens (including phenoxy) is 1. The second-order valence-electron chi connectivity index (χ2n) is 4.74. The highest BCUT2D eigenvalue weighted by molar-refractivity contribution is 5.85. The highest BCUT2D eigenvalue weighted by atomic mass is 16.6. The normalized spacial score (nSPS) is 22.9. The van der Waals surface area contributed by atoms with Crippen molar-refractivity contribution in [2.45, 2.75) is 25.2 Å². The molecule has 3 rings (SSSR count). The first-order chi connectivity index (χ1) is 8.77. The molecule has 2 aliphatic rings. The molecule has 3 N–H and O–H groups in total. The summed E-state index contributed by atoms with van der Waals surface area (Å²) in [6, 6.07) is 8.40. The minimum atomic E-state index is -1.19. The van der Waals surface area contributed by atoms with Gasteiger partial charge in [0.2, 0.25) is 6.41 Å². The van der Waals surface area contributed by atoms with Crippen LogP contribution in [-0.4, -0.2) is 18.1 Å². The van der Waals surface area contributed by atoms with Gasteiger partial charge >= 0.3 is 0 Å². The maximum absolute atomic E-state index is 9.08. The van der Waals surface area contributed by atoms with E-state index in [1.54, 1.807) is 0 Å². The lowest BCUT2D eigenvalue weighted by molar-refractivity contribution is -0.0960. The average molecular weight is 243 g/mol. The molecule has 1 aromatic rings. The van der Waals surface area contributed by atoms with E-state index in [9.17, 15) is 0 Å². The molecule has 1 aromatic carbocycles. The van der Waals surface area contributed by atoms with Gasteiger partial charge in [-0.15, -0.1) is 0 Å². The van der Waals surface area contributed by atoms with Crippen LogP contribution < -0.4 is 5.73 Å².